The van der Waals surface area contributed by atoms with E-state index in [0.29, 0.717) is 11.5 Å². The van der Waals surface area contributed by atoms with Crippen LogP contribution in [0.2, 0.25) is 0 Å². The zero-order valence-corrected chi connectivity index (χ0v) is 15.7. The third-order valence-electron chi connectivity index (χ3n) is 6.59. The lowest BCUT2D eigenvalue weighted by Gasteiger charge is -2.33. The molecule has 5 heteroatoms. The highest BCUT2D eigenvalue weighted by Crippen LogP contribution is 2.47. The van der Waals surface area contributed by atoms with Gasteiger partial charge in [0.1, 0.15) is 0 Å². The van der Waals surface area contributed by atoms with Gasteiger partial charge in [-0.2, -0.15) is 0 Å². The third-order valence-corrected chi connectivity index (χ3v) is 6.59. The quantitative estimate of drug-likeness (QED) is 0.647. The molecule has 0 spiro atoms. The molecule has 2 aliphatic carbocycles. The van der Waals surface area contributed by atoms with Crippen LogP contribution in [0.25, 0.3) is 5.52 Å². The summed E-state index contributed by atoms with van der Waals surface area (Å²) in [6, 6.07) is 8.65. The lowest BCUT2D eigenvalue weighted by atomic mass is 9.75. The zero-order chi connectivity index (χ0) is 19.3. The molecule has 1 atom stereocenters. The van der Waals surface area contributed by atoms with Crippen LogP contribution in [0.15, 0.2) is 42.9 Å². The highest BCUT2D eigenvalue weighted by molar-refractivity contribution is 5.50. The molecular formula is C23H24F2N2O. The molecule has 3 aromatic rings. The minimum Gasteiger partial charge on any atom is -0.387 e. The number of rotatable bonds is 4. The molecule has 2 aromatic heterocycles. The van der Waals surface area contributed by atoms with Crippen molar-refractivity contribution in [3.05, 3.63) is 71.3 Å². The molecule has 28 heavy (non-hydrogen) atoms. The van der Waals surface area contributed by atoms with Gasteiger partial charge in [-0.1, -0.05) is 18.2 Å². The lowest BCUT2D eigenvalue weighted by Crippen LogP contribution is -2.23. The first-order chi connectivity index (χ1) is 13.6. The van der Waals surface area contributed by atoms with Crippen LogP contribution in [-0.2, 0) is 0 Å². The van der Waals surface area contributed by atoms with Crippen LogP contribution >= 0.6 is 0 Å². The number of aliphatic hydroxyl groups excluding tert-OH is 1. The van der Waals surface area contributed by atoms with Crippen LogP contribution < -0.4 is 0 Å². The Kier molecular flexibility index (Phi) is 4.43. The number of fused-ring (bicyclic) bond motifs is 1. The Labute approximate surface area is 163 Å². The third kappa shape index (κ3) is 3.02. The average Bonchev–Trinajstić information content (AvgIpc) is 3.45. The minimum atomic E-state index is -0.777. The number of aromatic nitrogens is 2. The van der Waals surface area contributed by atoms with E-state index < -0.39 is 17.7 Å². The van der Waals surface area contributed by atoms with Gasteiger partial charge >= 0.3 is 0 Å². The molecule has 1 aromatic carbocycles. The fraction of sp³-hybridized carbons (Fsp3) is 0.435. The number of aliphatic hydroxyl groups is 1. The van der Waals surface area contributed by atoms with Crippen molar-refractivity contribution in [1.82, 2.24) is 9.38 Å². The monoisotopic (exact) mass is 382 g/mol. The van der Waals surface area contributed by atoms with Gasteiger partial charge in [0, 0.05) is 0 Å². The highest BCUT2D eigenvalue weighted by atomic mass is 19.2. The van der Waals surface area contributed by atoms with Crippen molar-refractivity contribution < 1.29 is 13.9 Å². The lowest BCUT2D eigenvalue weighted by molar-refractivity contribution is 0.0751. The second kappa shape index (κ2) is 6.96. The van der Waals surface area contributed by atoms with Gasteiger partial charge in [-0.25, -0.2) is 13.8 Å². The standard InChI is InChI=1S/C23H24F2N2O/c24-20-3-1-2-18(21(20)25)14-6-8-16(9-7-14)23(28)22-19(15-4-5-15)11-10-17-12-26-13-27(17)22/h1-3,10-16,23,28H,4-9H2/t14-,16-,23-/m1/s1. The maximum absolute atomic E-state index is 14.2. The van der Waals surface area contributed by atoms with E-state index in [9.17, 15) is 13.9 Å². The van der Waals surface area contributed by atoms with E-state index in [1.807, 2.05) is 10.6 Å². The zero-order valence-electron chi connectivity index (χ0n) is 15.7. The van der Waals surface area contributed by atoms with Gasteiger partial charge in [0.05, 0.1) is 29.8 Å². The first kappa shape index (κ1) is 17.8. The largest absolute Gasteiger partial charge is 0.387 e. The van der Waals surface area contributed by atoms with Gasteiger partial charge in [0.25, 0.3) is 0 Å². The van der Waals surface area contributed by atoms with Gasteiger partial charge in [-0.15, -0.1) is 0 Å². The minimum absolute atomic E-state index is 0.0195. The normalized spacial score (nSPS) is 23.8. The number of pyridine rings is 1. The summed E-state index contributed by atoms with van der Waals surface area (Å²) in [6.07, 6.45) is 8.52. The molecule has 2 aliphatic rings. The molecule has 0 bridgehead atoms. The van der Waals surface area contributed by atoms with E-state index in [2.05, 4.69) is 17.1 Å². The maximum atomic E-state index is 14.2. The van der Waals surface area contributed by atoms with Crippen molar-refractivity contribution >= 4 is 5.52 Å². The Morgan fingerprint density at radius 3 is 2.39 bits per heavy atom. The van der Waals surface area contributed by atoms with Crippen molar-refractivity contribution in [3.63, 3.8) is 0 Å². The Morgan fingerprint density at radius 2 is 1.64 bits per heavy atom. The van der Waals surface area contributed by atoms with Crippen LogP contribution in [-0.4, -0.2) is 14.5 Å². The summed E-state index contributed by atoms with van der Waals surface area (Å²) in [4.78, 5) is 4.25. The number of hydrogen-bond donors (Lipinski definition) is 1. The summed E-state index contributed by atoms with van der Waals surface area (Å²) in [7, 11) is 0. The van der Waals surface area contributed by atoms with Gasteiger partial charge in [-0.3, -0.25) is 0 Å². The number of benzene rings is 1. The first-order valence-electron chi connectivity index (χ1n) is 10.2. The molecule has 0 amide bonds. The first-order valence-corrected chi connectivity index (χ1v) is 10.2. The van der Waals surface area contributed by atoms with Gasteiger partial charge in [0.15, 0.2) is 11.6 Å². The van der Waals surface area contributed by atoms with Crippen LogP contribution in [0, 0.1) is 17.6 Å². The molecule has 2 fully saturated rings. The second-order valence-electron chi connectivity index (χ2n) is 8.34. The molecule has 2 heterocycles. The Morgan fingerprint density at radius 1 is 0.929 bits per heavy atom. The van der Waals surface area contributed by atoms with E-state index in [0.717, 1.165) is 36.9 Å². The molecule has 1 N–H and O–H groups in total. The van der Waals surface area contributed by atoms with Crippen molar-refractivity contribution in [2.45, 2.75) is 56.5 Å². The van der Waals surface area contributed by atoms with Crippen LogP contribution in [0.4, 0.5) is 8.78 Å². The molecule has 2 saturated carbocycles. The fourth-order valence-corrected chi connectivity index (χ4v) is 4.89. The topological polar surface area (TPSA) is 37.5 Å². The summed E-state index contributed by atoms with van der Waals surface area (Å²) < 4.78 is 29.8. The van der Waals surface area contributed by atoms with Gasteiger partial charge in [-0.05, 0) is 79.5 Å². The molecule has 3 nitrogen and oxygen atoms in total. The highest BCUT2D eigenvalue weighted by Gasteiger charge is 2.35. The molecule has 0 aliphatic heterocycles. The van der Waals surface area contributed by atoms with Crippen LogP contribution in [0.1, 0.15) is 73.3 Å². The van der Waals surface area contributed by atoms with Crippen LogP contribution in [0.5, 0.6) is 0 Å². The van der Waals surface area contributed by atoms with Crippen molar-refractivity contribution in [2.24, 2.45) is 5.92 Å². The molecule has 5 rings (SSSR count). The summed E-state index contributed by atoms with van der Waals surface area (Å²) in [5.41, 5.74) is 3.67. The fourth-order valence-electron chi connectivity index (χ4n) is 4.89. The van der Waals surface area contributed by atoms with Gasteiger partial charge < -0.3 is 9.51 Å². The number of imidazole rings is 1. The Hall–Kier alpha value is -2.27. The second-order valence-corrected chi connectivity index (χ2v) is 8.34. The summed E-state index contributed by atoms with van der Waals surface area (Å²) in [5.74, 6) is -0.815. The maximum Gasteiger partial charge on any atom is 0.162 e. The van der Waals surface area contributed by atoms with Crippen molar-refractivity contribution in [1.29, 1.82) is 0 Å². The number of halogens is 2. The molecule has 146 valence electrons. The smallest absolute Gasteiger partial charge is 0.162 e. The van der Waals surface area contributed by atoms with Crippen molar-refractivity contribution in [2.75, 3.05) is 0 Å². The molecule has 0 saturated heterocycles. The predicted octanol–water partition coefficient (Wildman–Crippen LogP) is 5.50. The number of nitrogens with zero attached hydrogens (tertiary/aromatic N) is 2. The summed E-state index contributed by atoms with van der Waals surface area (Å²) >= 11 is 0. The SMILES string of the molecule is O[C@@H](c1c(C2CC2)ccc2cncn12)[C@H]1CC[C@H](c2cccc(F)c2F)CC1. The Balaban J connectivity index is 1.39. The van der Waals surface area contributed by atoms with E-state index in [-0.39, 0.29) is 11.8 Å². The van der Waals surface area contributed by atoms with Gasteiger partial charge in [0.2, 0.25) is 0 Å². The van der Waals surface area contributed by atoms with E-state index in [1.165, 1.54) is 24.5 Å². The van der Waals surface area contributed by atoms with E-state index in [1.54, 1.807) is 18.5 Å². The van der Waals surface area contributed by atoms with E-state index >= 15 is 0 Å². The molecular weight excluding hydrogens is 358 g/mol. The molecule has 0 unspecified atom stereocenters. The van der Waals surface area contributed by atoms with Crippen LogP contribution in [0.3, 0.4) is 0 Å². The molecule has 0 radical (unpaired) electrons. The van der Waals surface area contributed by atoms with E-state index in [4.69, 9.17) is 0 Å². The number of hydrogen-bond acceptors (Lipinski definition) is 2. The predicted molar refractivity (Wildman–Crippen MR) is 103 cm³/mol. The van der Waals surface area contributed by atoms with Crippen molar-refractivity contribution in [3.8, 4) is 0 Å². The average molecular weight is 382 g/mol. The summed E-state index contributed by atoms with van der Waals surface area (Å²) in [5, 5.41) is 11.3. The summed E-state index contributed by atoms with van der Waals surface area (Å²) in [6.45, 7) is 0. The Bertz CT molecular complexity index is 1000.